The molecule has 30 heavy (non-hydrogen) atoms. The molecule has 2 rings (SSSR count). The van der Waals surface area contributed by atoms with Gasteiger partial charge in [-0.1, -0.05) is 12.1 Å². The number of rotatable bonds is 8. The number of halogens is 1. The molecular weight excluding hydrogens is 462 g/mol. The molecule has 2 N–H and O–H groups in total. The number of hydrogen-bond acceptors (Lipinski definition) is 7. The number of amides is 2. The standard InChI is InChI=1S/C18H16BrN5O6/c1-11(8-17(25)20-15-5-3-2-4-14(15)19)21-22-18(26)9-12-6-7-13(23(27)28)10-16(12)24(29)30/h2-7,10H,8-9H2,1H3,(H,20,25)(H,22,26)/b21-11-. The number of benzene rings is 2. The van der Waals surface area contributed by atoms with Gasteiger partial charge in [-0.3, -0.25) is 29.8 Å². The molecule has 2 aromatic rings. The van der Waals surface area contributed by atoms with E-state index in [0.29, 0.717) is 15.9 Å². The van der Waals surface area contributed by atoms with Gasteiger partial charge in [-0.15, -0.1) is 0 Å². The molecule has 12 heteroatoms. The van der Waals surface area contributed by atoms with Gasteiger partial charge in [0.2, 0.25) is 11.8 Å². The number of carbonyl (C=O) groups excluding carboxylic acids is 2. The molecule has 0 aliphatic carbocycles. The van der Waals surface area contributed by atoms with Gasteiger partial charge >= 0.3 is 0 Å². The monoisotopic (exact) mass is 477 g/mol. The van der Waals surface area contributed by atoms with Gasteiger partial charge in [0.25, 0.3) is 11.4 Å². The van der Waals surface area contributed by atoms with Crippen molar-refractivity contribution in [2.75, 3.05) is 5.32 Å². The Morgan fingerprint density at radius 3 is 2.40 bits per heavy atom. The predicted octanol–water partition coefficient (Wildman–Crippen LogP) is 3.33. The maximum atomic E-state index is 12.1. The molecule has 156 valence electrons. The van der Waals surface area contributed by atoms with E-state index in [4.69, 9.17) is 0 Å². The normalized spacial score (nSPS) is 10.9. The molecule has 0 aromatic heterocycles. The van der Waals surface area contributed by atoms with Crippen molar-refractivity contribution in [3.05, 3.63) is 72.7 Å². The number of anilines is 1. The van der Waals surface area contributed by atoms with Gasteiger partial charge < -0.3 is 5.32 Å². The van der Waals surface area contributed by atoms with Crippen molar-refractivity contribution >= 4 is 50.5 Å². The Morgan fingerprint density at radius 1 is 1.07 bits per heavy atom. The fraction of sp³-hybridized carbons (Fsp3) is 0.167. The summed E-state index contributed by atoms with van der Waals surface area (Å²) < 4.78 is 0.714. The molecule has 0 saturated carbocycles. The van der Waals surface area contributed by atoms with Crippen molar-refractivity contribution < 1.29 is 19.4 Å². The Bertz CT molecular complexity index is 1040. The summed E-state index contributed by atoms with van der Waals surface area (Å²) in [6.07, 6.45) is -0.493. The Hall–Kier alpha value is -3.67. The van der Waals surface area contributed by atoms with Crippen LogP contribution in [-0.2, 0) is 16.0 Å². The highest BCUT2D eigenvalue weighted by Crippen LogP contribution is 2.25. The van der Waals surface area contributed by atoms with Crippen LogP contribution in [-0.4, -0.2) is 27.4 Å². The van der Waals surface area contributed by atoms with Crippen LogP contribution in [0.15, 0.2) is 52.0 Å². The maximum Gasteiger partial charge on any atom is 0.279 e. The lowest BCUT2D eigenvalue weighted by atomic mass is 10.1. The molecule has 0 atom stereocenters. The average molecular weight is 478 g/mol. The summed E-state index contributed by atoms with van der Waals surface area (Å²) in [4.78, 5) is 44.4. The Labute approximate surface area is 178 Å². The third-order valence-corrected chi connectivity index (χ3v) is 4.45. The van der Waals surface area contributed by atoms with Crippen LogP contribution in [0.5, 0.6) is 0 Å². The van der Waals surface area contributed by atoms with Crippen molar-refractivity contribution in [1.82, 2.24) is 5.43 Å². The minimum Gasteiger partial charge on any atom is -0.325 e. The molecule has 11 nitrogen and oxygen atoms in total. The third kappa shape index (κ3) is 6.44. The Balaban J connectivity index is 1.97. The highest BCUT2D eigenvalue weighted by atomic mass is 79.9. The van der Waals surface area contributed by atoms with E-state index in [1.54, 1.807) is 24.3 Å². The molecular formula is C18H16BrN5O6. The molecule has 2 aromatic carbocycles. The summed E-state index contributed by atoms with van der Waals surface area (Å²) in [5, 5.41) is 28.4. The second-order valence-electron chi connectivity index (χ2n) is 6.09. The molecule has 2 amide bonds. The second kappa shape index (κ2) is 10.2. The summed E-state index contributed by atoms with van der Waals surface area (Å²) in [6, 6.07) is 10.1. The van der Waals surface area contributed by atoms with Gasteiger partial charge in [0, 0.05) is 21.8 Å². The number of non-ortho nitro benzene ring substituents is 1. The van der Waals surface area contributed by atoms with Gasteiger partial charge in [-0.05, 0) is 41.1 Å². The predicted molar refractivity (Wildman–Crippen MR) is 112 cm³/mol. The number of para-hydroxylation sites is 1. The van der Waals surface area contributed by atoms with E-state index in [-0.39, 0.29) is 17.9 Å². The maximum absolute atomic E-state index is 12.1. The second-order valence-corrected chi connectivity index (χ2v) is 6.95. The van der Waals surface area contributed by atoms with Gasteiger partial charge in [-0.2, -0.15) is 5.10 Å². The van der Waals surface area contributed by atoms with E-state index in [2.05, 4.69) is 31.8 Å². The lowest BCUT2D eigenvalue weighted by Crippen LogP contribution is -2.23. The number of carbonyl (C=O) groups is 2. The van der Waals surface area contributed by atoms with Crippen LogP contribution < -0.4 is 10.7 Å². The number of hydrogen-bond donors (Lipinski definition) is 2. The van der Waals surface area contributed by atoms with Gasteiger partial charge in [-0.25, -0.2) is 5.43 Å². The molecule has 0 radical (unpaired) electrons. The first-order chi connectivity index (χ1) is 14.2. The van der Waals surface area contributed by atoms with E-state index in [0.717, 1.165) is 18.2 Å². The van der Waals surface area contributed by atoms with E-state index >= 15 is 0 Å². The SMILES string of the molecule is C/C(CC(=O)Nc1ccccc1Br)=N/NC(=O)Cc1ccc([N+](=O)[O-])cc1[N+](=O)[O-]. The molecule has 0 fully saturated rings. The van der Waals surface area contributed by atoms with Crippen LogP contribution in [0.2, 0.25) is 0 Å². The summed E-state index contributed by atoms with van der Waals surface area (Å²) in [5.74, 6) is -1.01. The van der Waals surface area contributed by atoms with E-state index in [1.807, 2.05) is 0 Å². The molecule has 0 spiro atoms. The molecule has 0 bridgehead atoms. The largest absolute Gasteiger partial charge is 0.325 e. The van der Waals surface area contributed by atoms with Crippen molar-refractivity contribution in [1.29, 1.82) is 0 Å². The number of nitrogens with zero attached hydrogens (tertiary/aromatic N) is 3. The lowest BCUT2D eigenvalue weighted by molar-refractivity contribution is -0.394. The zero-order valence-electron chi connectivity index (χ0n) is 15.6. The van der Waals surface area contributed by atoms with Crippen LogP contribution in [0.25, 0.3) is 0 Å². The smallest absolute Gasteiger partial charge is 0.279 e. The fourth-order valence-corrected chi connectivity index (χ4v) is 2.77. The lowest BCUT2D eigenvalue weighted by Gasteiger charge is -2.07. The molecule has 0 heterocycles. The molecule has 0 aliphatic rings. The van der Waals surface area contributed by atoms with Crippen molar-refractivity contribution in [3.8, 4) is 0 Å². The quantitative estimate of drug-likeness (QED) is 0.337. The Kier molecular flexibility index (Phi) is 7.69. The highest BCUT2D eigenvalue weighted by molar-refractivity contribution is 9.10. The number of hydrazone groups is 1. The first-order valence-corrected chi connectivity index (χ1v) is 9.24. The van der Waals surface area contributed by atoms with Crippen LogP contribution in [0.4, 0.5) is 17.1 Å². The van der Waals surface area contributed by atoms with Crippen LogP contribution in [0.1, 0.15) is 18.9 Å². The van der Waals surface area contributed by atoms with E-state index in [9.17, 15) is 29.8 Å². The number of nitrogens with one attached hydrogen (secondary N) is 2. The number of nitro groups is 2. The van der Waals surface area contributed by atoms with Gasteiger partial charge in [0.1, 0.15) is 0 Å². The Morgan fingerprint density at radius 2 is 1.77 bits per heavy atom. The topological polar surface area (TPSA) is 157 Å². The summed E-state index contributed by atoms with van der Waals surface area (Å²) in [5.41, 5.74) is 2.14. The first kappa shape index (κ1) is 22.6. The number of nitro benzene ring substituents is 2. The highest BCUT2D eigenvalue weighted by Gasteiger charge is 2.21. The van der Waals surface area contributed by atoms with Crippen LogP contribution in [0, 0.1) is 20.2 Å². The van der Waals surface area contributed by atoms with Crippen LogP contribution in [0.3, 0.4) is 0 Å². The summed E-state index contributed by atoms with van der Waals surface area (Å²) in [7, 11) is 0. The van der Waals surface area contributed by atoms with Crippen molar-refractivity contribution in [2.24, 2.45) is 5.10 Å². The minimum absolute atomic E-state index is 0.00243. The van der Waals surface area contributed by atoms with Gasteiger partial charge in [0.15, 0.2) is 0 Å². The van der Waals surface area contributed by atoms with Crippen LogP contribution >= 0.6 is 15.9 Å². The van der Waals surface area contributed by atoms with Crippen molar-refractivity contribution in [3.63, 3.8) is 0 Å². The van der Waals surface area contributed by atoms with Gasteiger partial charge in [0.05, 0.1) is 34.4 Å². The van der Waals surface area contributed by atoms with E-state index in [1.165, 1.54) is 6.92 Å². The van der Waals surface area contributed by atoms with Crippen molar-refractivity contribution in [2.45, 2.75) is 19.8 Å². The molecule has 0 saturated heterocycles. The summed E-state index contributed by atoms with van der Waals surface area (Å²) >= 11 is 3.31. The zero-order chi connectivity index (χ0) is 22.3. The minimum atomic E-state index is -0.795. The van der Waals surface area contributed by atoms with E-state index < -0.39 is 33.5 Å². The summed E-state index contributed by atoms with van der Waals surface area (Å²) in [6.45, 7) is 1.54. The zero-order valence-corrected chi connectivity index (χ0v) is 17.2. The first-order valence-electron chi connectivity index (χ1n) is 8.45. The fourth-order valence-electron chi connectivity index (χ4n) is 2.38. The molecule has 0 unspecified atom stereocenters. The molecule has 0 aliphatic heterocycles. The third-order valence-electron chi connectivity index (χ3n) is 3.76. The average Bonchev–Trinajstić information content (AvgIpc) is 2.68.